The summed E-state index contributed by atoms with van der Waals surface area (Å²) in [6.45, 7) is 9.50. The Balaban J connectivity index is 1.82. The highest BCUT2D eigenvalue weighted by molar-refractivity contribution is 5.05. The maximum atomic E-state index is 5.40. The summed E-state index contributed by atoms with van der Waals surface area (Å²) in [6, 6.07) is 2.08. The quantitative estimate of drug-likeness (QED) is 0.872. The Morgan fingerprint density at radius 3 is 3.17 bits per heavy atom. The van der Waals surface area contributed by atoms with E-state index < -0.39 is 0 Å². The SMILES string of the molecule is CCNCc1cc(CN2CCCC(C)CC2)on1. The lowest BCUT2D eigenvalue weighted by Crippen LogP contribution is -2.23. The van der Waals surface area contributed by atoms with Crippen molar-refractivity contribution in [3.8, 4) is 0 Å². The fourth-order valence-electron chi connectivity index (χ4n) is 2.47. The predicted molar refractivity (Wildman–Crippen MR) is 72.2 cm³/mol. The van der Waals surface area contributed by atoms with Crippen LogP contribution in [0.2, 0.25) is 0 Å². The Bertz CT molecular complexity index is 351. The molecule has 18 heavy (non-hydrogen) atoms. The van der Waals surface area contributed by atoms with Gasteiger partial charge in [0.15, 0.2) is 5.76 Å². The van der Waals surface area contributed by atoms with Gasteiger partial charge in [-0.25, -0.2) is 0 Å². The molecule has 1 N–H and O–H groups in total. The van der Waals surface area contributed by atoms with Crippen LogP contribution in [0.5, 0.6) is 0 Å². The Kier molecular flexibility index (Phi) is 5.20. The van der Waals surface area contributed by atoms with Gasteiger partial charge in [-0.15, -0.1) is 0 Å². The zero-order chi connectivity index (χ0) is 12.8. The summed E-state index contributed by atoms with van der Waals surface area (Å²) in [7, 11) is 0. The van der Waals surface area contributed by atoms with E-state index >= 15 is 0 Å². The van der Waals surface area contributed by atoms with Gasteiger partial charge in [0.1, 0.15) is 0 Å². The minimum Gasteiger partial charge on any atom is -0.360 e. The summed E-state index contributed by atoms with van der Waals surface area (Å²) in [4.78, 5) is 2.49. The number of aromatic nitrogens is 1. The van der Waals surface area contributed by atoms with E-state index in [1.54, 1.807) is 0 Å². The molecule has 1 saturated heterocycles. The van der Waals surface area contributed by atoms with Gasteiger partial charge in [-0.3, -0.25) is 4.90 Å². The maximum absolute atomic E-state index is 5.40. The van der Waals surface area contributed by atoms with Gasteiger partial charge in [0, 0.05) is 12.6 Å². The second kappa shape index (κ2) is 6.90. The van der Waals surface area contributed by atoms with Gasteiger partial charge >= 0.3 is 0 Å². The first kappa shape index (κ1) is 13.6. The van der Waals surface area contributed by atoms with Crippen molar-refractivity contribution < 1.29 is 4.52 Å². The molecule has 0 bridgehead atoms. The van der Waals surface area contributed by atoms with Crippen LogP contribution in [-0.4, -0.2) is 29.7 Å². The molecule has 0 amide bonds. The van der Waals surface area contributed by atoms with Gasteiger partial charge in [-0.05, 0) is 44.8 Å². The van der Waals surface area contributed by atoms with Crippen LogP contribution in [-0.2, 0) is 13.1 Å². The molecule has 102 valence electrons. The Hall–Kier alpha value is -0.870. The molecule has 1 aliphatic rings. The number of rotatable bonds is 5. The molecule has 1 aliphatic heterocycles. The highest BCUT2D eigenvalue weighted by atomic mass is 16.5. The number of hydrogen-bond acceptors (Lipinski definition) is 4. The van der Waals surface area contributed by atoms with E-state index in [2.05, 4.69) is 35.3 Å². The molecule has 1 fully saturated rings. The maximum Gasteiger partial charge on any atom is 0.151 e. The molecular formula is C14H25N3O. The molecule has 4 nitrogen and oxygen atoms in total. The van der Waals surface area contributed by atoms with Crippen LogP contribution in [0.25, 0.3) is 0 Å². The number of nitrogens with one attached hydrogen (secondary N) is 1. The molecule has 4 heteroatoms. The van der Waals surface area contributed by atoms with Crippen LogP contribution < -0.4 is 5.32 Å². The number of nitrogens with zero attached hydrogens (tertiary/aromatic N) is 2. The minimum atomic E-state index is 0.803. The Morgan fingerprint density at radius 1 is 1.44 bits per heavy atom. The van der Waals surface area contributed by atoms with Crippen LogP contribution in [0.3, 0.4) is 0 Å². The van der Waals surface area contributed by atoms with Gasteiger partial charge < -0.3 is 9.84 Å². The van der Waals surface area contributed by atoms with E-state index in [4.69, 9.17) is 4.52 Å². The molecule has 1 atom stereocenters. The Labute approximate surface area is 110 Å². The molecule has 0 aliphatic carbocycles. The molecule has 1 unspecified atom stereocenters. The van der Waals surface area contributed by atoms with Crippen molar-refractivity contribution in [3.05, 3.63) is 17.5 Å². The third-order valence-corrected chi connectivity index (χ3v) is 3.65. The van der Waals surface area contributed by atoms with Crippen LogP contribution in [0.1, 0.15) is 44.6 Å². The highest BCUT2D eigenvalue weighted by Gasteiger charge is 2.15. The average molecular weight is 251 g/mol. The van der Waals surface area contributed by atoms with E-state index in [1.165, 1.54) is 32.4 Å². The lowest BCUT2D eigenvalue weighted by Gasteiger charge is -2.17. The summed E-state index contributed by atoms with van der Waals surface area (Å²) >= 11 is 0. The summed E-state index contributed by atoms with van der Waals surface area (Å²) in [5.74, 6) is 1.87. The average Bonchev–Trinajstić information content (AvgIpc) is 2.70. The van der Waals surface area contributed by atoms with Crippen molar-refractivity contribution in [1.82, 2.24) is 15.4 Å². The molecule has 1 aromatic heterocycles. The van der Waals surface area contributed by atoms with Crippen molar-refractivity contribution in [3.63, 3.8) is 0 Å². The Morgan fingerprint density at radius 2 is 2.33 bits per heavy atom. The lowest BCUT2D eigenvalue weighted by atomic mass is 10.0. The third-order valence-electron chi connectivity index (χ3n) is 3.65. The zero-order valence-electron chi connectivity index (χ0n) is 11.6. The van der Waals surface area contributed by atoms with Gasteiger partial charge in [0.05, 0.1) is 12.2 Å². The van der Waals surface area contributed by atoms with Gasteiger partial charge in [0.2, 0.25) is 0 Å². The van der Waals surface area contributed by atoms with Gasteiger partial charge in [-0.2, -0.15) is 0 Å². The second-order valence-corrected chi connectivity index (χ2v) is 5.38. The van der Waals surface area contributed by atoms with E-state index in [0.717, 1.165) is 37.0 Å². The topological polar surface area (TPSA) is 41.3 Å². The summed E-state index contributed by atoms with van der Waals surface area (Å²) in [5.41, 5.74) is 1.01. The predicted octanol–water partition coefficient (Wildman–Crippen LogP) is 2.41. The number of likely N-dealkylation sites (tertiary alicyclic amines) is 1. The summed E-state index contributed by atoms with van der Waals surface area (Å²) in [6.07, 6.45) is 3.97. The van der Waals surface area contributed by atoms with E-state index in [-0.39, 0.29) is 0 Å². The van der Waals surface area contributed by atoms with Crippen molar-refractivity contribution >= 4 is 0 Å². The fourth-order valence-corrected chi connectivity index (χ4v) is 2.47. The van der Waals surface area contributed by atoms with Crippen LogP contribution in [0, 0.1) is 5.92 Å². The lowest BCUT2D eigenvalue weighted by molar-refractivity contribution is 0.236. The molecule has 0 spiro atoms. The van der Waals surface area contributed by atoms with Crippen molar-refractivity contribution in [2.45, 2.75) is 46.2 Å². The van der Waals surface area contributed by atoms with Crippen molar-refractivity contribution in [2.24, 2.45) is 5.92 Å². The van der Waals surface area contributed by atoms with Crippen LogP contribution >= 0.6 is 0 Å². The van der Waals surface area contributed by atoms with Crippen molar-refractivity contribution in [1.29, 1.82) is 0 Å². The normalized spacial score (nSPS) is 22.0. The largest absolute Gasteiger partial charge is 0.360 e. The monoisotopic (exact) mass is 251 g/mol. The van der Waals surface area contributed by atoms with E-state index in [9.17, 15) is 0 Å². The molecular weight excluding hydrogens is 226 g/mol. The van der Waals surface area contributed by atoms with Crippen molar-refractivity contribution in [2.75, 3.05) is 19.6 Å². The molecule has 0 saturated carbocycles. The highest BCUT2D eigenvalue weighted by Crippen LogP contribution is 2.18. The van der Waals surface area contributed by atoms with E-state index in [0.29, 0.717) is 0 Å². The van der Waals surface area contributed by atoms with Gasteiger partial charge in [-0.1, -0.05) is 19.0 Å². The fraction of sp³-hybridized carbons (Fsp3) is 0.786. The van der Waals surface area contributed by atoms with E-state index in [1.807, 2.05) is 0 Å². The molecule has 2 rings (SSSR count). The van der Waals surface area contributed by atoms with Crippen LogP contribution in [0.4, 0.5) is 0 Å². The molecule has 0 radical (unpaired) electrons. The molecule has 0 aromatic carbocycles. The van der Waals surface area contributed by atoms with Gasteiger partial charge in [0.25, 0.3) is 0 Å². The first-order chi connectivity index (χ1) is 8.78. The first-order valence-electron chi connectivity index (χ1n) is 7.15. The third kappa shape index (κ3) is 4.10. The zero-order valence-corrected chi connectivity index (χ0v) is 11.6. The molecule has 2 heterocycles. The smallest absolute Gasteiger partial charge is 0.151 e. The summed E-state index contributed by atoms with van der Waals surface area (Å²) in [5, 5.41) is 7.35. The first-order valence-corrected chi connectivity index (χ1v) is 7.15. The second-order valence-electron chi connectivity index (χ2n) is 5.38. The minimum absolute atomic E-state index is 0.803. The summed E-state index contributed by atoms with van der Waals surface area (Å²) < 4.78 is 5.40. The molecule has 1 aromatic rings. The number of hydrogen-bond donors (Lipinski definition) is 1. The standard InChI is InChI=1S/C14H25N3O/c1-3-15-10-13-9-14(18-16-13)11-17-7-4-5-12(2)6-8-17/h9,12,15H,3-8,10-11H2,1-2H3. The van der Waals surface area contributed by atoms with Crippen LogP contribution in [0.15, 0.2) is 10.6 Å².